The smallest absolute Gasteiger partial charge is 0.315 e. The molecule has 1 aliphatic rings. The summed E-state index contributed by atoms with van der Waals surface area (Å²) in [5.74, 6) is -0.571. The Morgan fingerprint density at radius 2 is 2.32 bits per heavy atom. The van der Waals surface area contributed by atoms with Crippen molar-refractivity contribution in [2.45, 2.75) is 31.8 Å². The maximum atomic E-state index is 13.2. The summed E-state index contributed by atoms with van der Waals surface area (Å²) in [5.41, 5.74) is 0.483. The lowest BCUT2D eigenvalue weighted by atomic mass is 10.2. The van der Waals surface area contributed by atoms with Crippen molar-refractivity contribution in [2.24, 2.45) is 0 Å². The van der Waals surface area contributed by atoms with E-state index in [-0.39, 0.29) is 31.0 Å². The zero-order valence-corrected chi connectivity index (χ0v) is 12.4. The lowest BCUT2D eigenvalue weighted by Crippen LogP contribution is -2.48. The Hall–Kier alpha value is -2.15. The molecule has 1 aliphatic heterocycles. The van der Waals surface area contributed by atoms with Gasteiger partial charge in [0.1, 0.15) is 5.82 Å². The summed E-state index contributed by atoms with van der Waals surface area (Å²) in [6.07, 6.45) is 0.781. The van der Waals surface area contributed by atoms with E-state index >= 15 is 0 Å². The summed E-state index contributed by atoms with van der Waals surface area (Å²) in [7, 11) is 0. The monoisotopic (exact) mass is 309 g/mol. The molecule has 0 spiro atoms. The normalized spacial score (nSPS) is 19.1. The van der Waals surface area contributed by atoms with Gasteiger partial charge in [-0.2, -0.15) is 0 Å². The van der Waals surface area contributed by atoms with Crippen molar-refractivity contribution < 1.29 is 19.1 Å². The fraction of sp³-hybridized carbons (Fsp3) is 0.467. The number of benzene rings is 1. The molecule has 1 saturated heterocycles. The first kappa shape index (κ1) is 16.2. The minimum atomic E-state index is -0.417. The van der Waals surface area contributed by atoms with E-state index in [1.54, 1.807) is 12.1 Å². The van der Waals surface area contributed by atoms with Crippen molar-refractivity contribution in [3.8, 4) is 0 Å². The highest BCUT2D eigenvalue weighted by atomic mass is 19.1. The van der Waals surface area contributed by atoms with Crippen LogP contribution in [0, 0.1) is 5.82 Å². The fourth-order valence-electron chi connectivity index (χ4n) is 2.39. The Labute approximate surface area is 128 Å². The molecule has 1 aromatic rings. The topological polar surface area (TPSA) is 81.7 Å². The molecule has 1 fully saturated rings. The Morgan fingerprint density at radius 1 is 1.55 bits per heavy atom. The molecule has 3 amide bonds. The SMILES string of the molecule is CC[C@@H](CO)NC(=O)N[C@@H]1CC(=O)N(c2cccc(F)c2)C1. The van der Waals surface area contributed by atoms with Gasteiger partial charge in [0.15, 0.2) is 0 Å². The van der Waals surface area contributed by atoms with Gasteiger partial charge < -0.3 is 20.6 Å². The molecule has 0 saturated carbocycles. The number of aliphatic hydroxyl groups excluding tert-OH is 1. The van der Waals surface area contributed by atoms with Crippen molar-refractivity contribution in [1.29, 1.82) is 0 Å². The molecule has 2 atom stereocenters. The van der Waals surface area contributed by atoms with Crippen LogP contribution in [0.2, 0.25) is 0 Å². The van der Waals surface area contributed by atoms with Crippen LogP contribution >= 0.6 is 0 Å². The van der Waals surface area contributed by atoms with Gasteiger partial charge in [-0.1, -0.05) is 13.0 Å². The quantitative estimate of drug-likeness (QED) is 0.759. The Kier molecular flexibility index (Phi) is 5.32. The second-order valence-corrected chi connectivity index (χ2v) is 5.29. The zero-order valence-electron chi connectivity index (χ0n) is 12.4. The predicted molar refractivity (Wildman–Crippen MR) is 80.0 cm³/mol. The van der Waals surface area contributed by atoms with Crippen molar-refractivity contribution >= 4 is 17.6 Å². The number of carbonyl (C=O) groups is 2. The third kappa shape index (κ3) is 3.94. The number of nitrogens with zero attached hydrogens (tertiary/aromatic N) is 1. The summed E-state index contributed by atoms with van der Waals surface area (Å²) < 4.78 is 13.2. The molecule has 1 aromatic carbocycles. The highest BCUT2D eigenvalue weighted by Gasteiger charge is 2.31. The van der Waals surface area contributed by atoms with E-state index in [4.69, 9.17) is 5.11 Å². The molecule has 1 heterocycles. The lowest BCUT2D eigenvalue weighted by molar-refractivity contribution is -0.117. The van der Waals surface area contributed by atoms with Gasteiger partial charge in [-0.25, -0.2) is 9.18 Å². The van der Waals surface area contributed by atoms with E-state index in [0.717, 1.165) is 0 Å². The maximum Gasteiger partial charge on any atom is 0.315 e. The molecule has 0 bridgehead atoms. The Bertz CT molecular complexity index is 549. The summed E-state index contributed by atoms with van der Waals surface area (Å²) in [4.78, 5) is 25.3. The van der Waals surface area contributed by atoms with Crippen LogP contribution in [0.25, 0.3) is 0 Å². The molecule has 2 rings (SSSR count). The molecule has 120 valence electrons. The van der Waals surface area contributed by atoms with Gasteiger partial charge in [0.25, 0.3) is 0 Å². The van der Waals surface area contributed by atoms with Crippen LogP contribution in [0.5, 0.6) is 0 Å². The average Bonchev–Trinajstić information content (AvgIpc) is 2.85. The van der Waals surface area contributed by atoms with Crippen molar-refractivity contribution in [3.63, 3.8) is 0 Å². The van der Waals surface area contributed by atoms with Crippen molar-refractivity contribution in [3.05, 3.63) is 30.1 Å². The molecule has 0 aromatic heterocycles. The van der Waals surface area contributed by atoms with Gasteiger partial charge in [0.2, 0.25) is 5.91 Å². The van der Waals surface area contributed by atoms with Crippen LogP contribution in [0.4, 0.5) is 14.9 Å². The lowest BCUT2D eigenvalue weighted by Gasteiger charge is -2.19. The van der Waals surface area contributed by atoms with Gasteiger partial charge >= 0.3 is 6.03 Å². The minimum absolute atomic E-state index is 0.136. The summed E-state index contributed by atoms with van der Waals surface area (Å²) >= 11 is 0. The van der Waals surface area contributed by atoms with Gasteiger partial charge in [-0.15, -0.1) is 0 Å². The molecular formula is C15H20FN3O3. The molecule has 7 heteroatoms. The third-order valence-electron chi connectivity index (χ3n) is 3.63. The number of rotatable bonds is 5. The van der Waals surface area contributed by atoms with Gasteiger partial charge in [0, 0.05) is 18.7 Å². The van der Waals surface area contributed by atoms with Crippen LogP contribution in [-0.2, 0) is 4.79 Å². The highest BCUT2D eigenvalue weighted by molar-refractivity contribution is 5.96. The standard InChI is InChI=1S/C15H20FN3O3/c1-2-11(9-20)17-15(22)18-12-7-14(21)19(8-12)13-5-3-4-10(16)6-13/h3-6,11-12,20H,2,7-9H2,1H3,(H2,17,18,22)/t11-,12+/m0/s1. The Balaban J connectivity index is 1.93. The summed E-state index contributed by atoms with van der Waals surface area (Å²) in [5, 5.41) is 14.4. The van der Waals surface area contributed by atoms with E-state index in [1.165, 1.54) is 17.0 Å². The van der Waals surface area contributed by atoms with Gasteiger partial charge in [0.05, 0.1) is 18.7 Å². The number of carbonyl (C=O) groups excluding carboxylic acids is 2. The first-order chi connectivity index (χ1) is 10.5. The van der Waals surface area contributed by atoms with Crippen molar-refractivity contribution in [2.75, 3.05) is 18.1 Å². The average molecular weight is 309 g/mol. The number of nitrogens with one attached hydrogen (secondary N) is 2. The van der Waals surface area contributed by atoms with Crippen LogP contribution in [0.15, 0.2) is 24.3 Å². The molecule has 22 heavy (non-hydrogen) atoms. The van der Waals surface area contributed by atoms with Crippen LogP contribution in [0.3, 0.4) is 0 Å². The highest BCUT2D eigenvalue weighted by Crippen LogP contribution is 2.22. The van der Waals surface area contributed by atoms with E-state index < -0.39 is 11.8 Å². The first-order valence-electron chi connectivity index (χ1n) is 7.27. The number of hydrogen-bond donors (Lipinski definition) is 3. The molecule has 0 radical (unpaired) electrons. The molecule has 0 aliphatic carbocycles. The van der Waals surface area contributed by atoms with Gasteiger partial charge in [-0.05, 0) is 24.6 Å². The van der Waals surface area contributed by atoms with Crippen LogP contribution in [0.1, 0.15) is 19.8 Å². The predicted octanol–water partition coefficient (Wildman–Crippen LogP) is 1.00. The second-order valence-electron chi connectivity index (χ2n) is 5.29. The molecule has 0 unspecified atom stereocenters. The molecule has 6 nitrogen and oxygen atoms in total. The van der Waals surface area contributed by atoms with Crippen LogP contribution in [-0.4, -0.2) is 42.3 Å². The number of halogens is 1. The minimum Gasteiger partial charge on any atom is -0.394 e. The number of hydrogen-bond acceptors (Lipinski definition) is 3. The maximum absolute atomic E-state index is 13.2. The molecular weight excluding hydrogens is 289 g/mol. The second kappa shape index (κ2) is 7.22. The van der Waals surface area contributed by atoms with Gasteiger partial charge in [-0.3, -0.25) is 4.79 Å². The summed E-state index contributed by atoms with van der Waals surface area (Å²) in [6, 6.07) is 4.73. The summed E-state index contributed by atoms with van der Waals surface area (Å²) in [6.45, 7) is 2.01. The number of aliphatic hydroxyl groups is 1. The zero-order chi connectivity index (χ0) is 16.1. The fourth-order valence-corrected chi connectivity index (χ4v) is 2.39. The van der Waals surface area contributed by atoms with Crippen molar-refractivity contribution in [1.82, 2.24) is 10.6 Å². The molecule has 3 N–H and O–H groups in total. The van der Waals surface area contributed by atoms with E-state index in [9.17, 15) is 14.0 Å². The van der Waals surface area contributed by atoms with E-state index in [0.29, 0.717) is 18.7 Å². The van der Waals surface area contributed by atoms with Crippen LogP contribution < -0.4 is 15.5 Å². The largest absolute Gasteiger partial charge is 0.394 e. The first-order valence-corrected chi connectivity index (χ1v) is 7.27. The van der Waals surface area contributed by atoms with E-state index in [1.807, 2.05) is 6.92 Å². The number of anilines is 1. The Morgan fingerprint density at radius 3 is 2.95 bits per heavy atom. The van der Waals surface area contributed by atoms with E-state index in [2.05, 4.69) is 10.6 Å². The number of urea groups is 1. The number of amides is 3. The third-order valence-corrected chi connectivity index (χ3v) is 3.63.